The second kappa shape index (κ2) is 7.95. The SMILES string of the molecule is CC(C)c1ccc(NC(c2ccc(Cl)cc2)c2ccc(Cl)cc2)cc1. The maximum absolute atomic E-state index is 6.05. The highest BCUT2D eigenvalue weighted by Crippen LogP contribution is 2.29. The minimum Gasteiger partial charge on any atom is -0.374 e. The summed E-state index contributed by atoms with van der Waals surface area (Å²) in [5.41, 5.74) is 4.72. The van der Waals surface area contributed by atoms with Gasteiger partial charge in [0.25, 0.3) is 0 Å². The molecule has 3 heteroatoms. The van der Waals surface area contributed by atoms with Gasteiger partial charge in [0.05, 0.1) is 6.04 Å². The standard InChI is InChI=1S/C22H21Cl2N/c1-15(2)16-7-13-21(14-8-16)25-22(17-3-9-19(23)10-4-17)18-5-11-20(24)12-6-18/h3-15,22,25H,1-2H3. The van der Waals surface area contributed by atoms with Gasteiger partial charge in [-0.15, -0.1) is 0 Å². The van der Waals surface area contributed by atoms with E-state index in [0.717, 1.165) is 26.9 Å². The molecule has 0 amide bonds. The lowest BCUT2D eigenvalue weighted by Crippen LogP contribution is -2.12. The lowest BCUT2D eigenvalue weighted by molar-refractivity contribution is 0.866. The minimum absolute atomic E-state index is 0.0273. The summed E-state index contributed by atoms with van der Waals surface area (Å²) in [6.07, 6.45) is 0. The highest BCUT2D eigenvalue weighted by atomic mass is 35.5. The van der Waals surface area contributed by atoms with Crippen LogP contribution in [0.4, 0.5) is 5.69 Å². The average molecular weight is 370 g/mol. The van der Waals surface area contributed by atoms with Crippen LogP contribution < -0.4 is 5.32 Å². The number of hydrogen-bond acceptors (Lipinski definition) is 1. The molecule has 0 aliphatic heterocycles. The van der Waals surface area contributed by atoms with E-state index in [2.05, 4.69) is 67.7 Å². The van der Waals surface area contributed by atoms with E-state index in [4.69, 9.17) is 23.2 Å². The molecule has 0 fully saturated rings. The second-order valence-electron chi connectivity index (χ2n) is 6.46. The third kappa shape index (κ3) is 4.56. The van der Waals surface area contributed by atoms with Crippen LogP contribution in [0.1, 0.15) is 42.5 Å². The number of anilines is 1. The van der Waals surface area contributed by atoms with E-state index >= 15 is 0 Å². The summed E-state index contributed by atoms with van der Waals surface area (Å²) in [6.45, 7) is 4.40. The molecule has 0 radical (unpaired) electrons. The maximum atomic E-state index is 6.05. The smallest absolute Gasteiger partial charge is 0.0767 e. The molecule has 3 rings (SSSR count). The summed E-state index contributed by atoms with van der Waals surface area (Å²) < 4.78 is 0. The zero-order chi connectivity index (χ0) is 17.8. The Bertz CT molecular complexity index is 761. The molecule has 0 aliphatic rings. The van der Waals surface area contributed by atoms with Crippen LogP contribution in [-0.4, -0.2) is 0 Å². The van der Waals surface area contributed by atoms with Crippen LogP contribution in [0.2, 0.25) is 10.0 Å². The van der Waals surface area contributed by atoms with Crippen LogP contribution in [0, 0.1) is 0 Å². The third-order valence-electron chi connectivity index (χ3n) is 4.30. The van der Waals surface area contributed by atoms with Gasteiger partial charge in [-0.25, -0.2) is 0 Å². The van der Waals surface area contributed by atoms with E-state index in [9.17, 15) is 0 Å². The molecule has 25 heavy (non-hydrogen) atoms. The summed E-state index contributed by atoms with van der Waals surface area (Å²) in [7, 11) is 0. The molecule has 0 aromatic heterocycles. The normalized spacial score (nSPS) is 11.1. The van der Waals surface area contributed by atoms with Gasteiger partial charge >= 0.3 is 0 Å². The van der Waals surface area contributed by atoms with Gasteiger partial charge in [-0.05, 0) is 59.0 Å². The van der Waals surface area contributed by atoms with Gasteiger partial charge < -0.3 is 5.32 Å². The molecule has 1 N–H and O–H groups in total. The van der Waals surface area contributed by atoms with Crippen LogP contribution in [0.15, 0.2) is 72.8 Å². The lowest BCUT2D eigenvalue weighted by atomic mass is 9.98. The Kier molecular flexibility index (Phi) is 5.67. The molecule has 0 aliphatic carbocycles. The Hall–Kier alpha value is -1.96. The van der Waals surface area contributed by atoms with Crippen LogP contribution in [0.25, 0.3) is 0 Å². The number of rotatable bonds is 5. The van der Waals surface area contributed by atoms with Crippen molar-refractivity contribution in [3.63, 3.8) is 0 Å². The van der Waals surface area contributed by atoms with Crippen molar-refractivity contribution in [1.29, 1.82) is 0 Å². The monoisotopic (exact) mass is 369 g/mol. The molecule has 3 aromatic rings. The highest BCUT2D eigenvalue weighted by molar-refractivity contribution is 6.30. The van der Waals surface area contributed by atoms with Crippen LogP contribution in [-0.2, 0) is 0 Å². The molecule has 0 saturated heterocycles. The van der Waals surface area contributed by atoms with E-state index in [0.29, 0.717) is 5.92 Å². The van der Waals surface area contributed by atoms with Crippen molar-refractivity contribution in [1.82, 2.24) is 0 Å². The highest BCUT2D eigenvalue weighted by Gasteiger charge is 2.14. The van der Waals surface area contributed by atoms with Crippen molar-refractivity contribution in [3.8, 4) is 0 Å². The Morgan fingerprint density at radius 2 is 1.00 bits per heavy atom. The topological polar surface area (TPSA) is 12.0 Å². The van der Waals surface area contributed by atoms with Gasteiger partial charge in [0, 0.05) is 15.7 Å². The molecule has 0 heterocycles. The van der Waals surface area contributed by atoms with Crippen molar-refractivity contribution < 1.29 is 0 Å². The quantitative estimate of drug-likeness (QED) is 0.496. The Balaban J connectivity index is 1.93. The van der Waals surface area contributed by atoms with Gasteiger partial charge in [0.2, 0.25) is 0 Å². The van der Waals surface area contributed by atoms with Crippen LogP contribution >= 0.6 is 23.2 Å². The summed E-state index contributed by atoms with van der Waals surface area (Å²) in [5, 5.41) is 5.10. The predicted molar refractivity (Wildman–Crippen MR) is 109 cm³/mol. The summed E-state index contributed by atoms with van der Waals surface area (Å²) >= 11 is 12.1. The van der Waals surface area contributed by atoms with Gasteiger partial charge in [0.1, 0.15) is 0 Å². The van der Waals surface area contributed by atoms with Gasteiger partial charge in [0.15, 0.2) is 0 Å². The van der Waals surface area contributed by atoms with E-state index in [1.54, 1.807) is 0 Å². The first-order chi connectivity index (χ1) is 12.0. The number of nitrogens with one attached hydrogen (secondary N) is 1. The van der Waals surface area contributed by atoms with E-state index in [1.165, 1.54) is 5.56 Å². The Morgan fingerprint density at radius 1 is 0.600 bits per heavy atom. The van der Waals surface area contributed by atoms with E-state index in [-0.39, 0.29) is 6.04 Å². The first kappa shape index (κ1) is 17.8. The number of hydrogen-bond donors (Lipinski definition) is 1. The van der Waals surface area contributed by atoms with Crippen molar-refractivity contribution in [2.24, 2.45) is 0 Å². The summed E-state index contributed by atoms with van der Waals surface area (Å²) in [6, 6.07) is 24.5. The molecule has 0 atom stereocenters. The van der Waals surface area contributed by atoms with Crippen LogP contribution in [0.5, 0.6) is 0 Å². The summed E-state index contributed by atoms with van der Waals surface area (Å²) in [4.78, 5) is 0. The zero-order valence-corrected chi connectivity index (χ0v) is 15.9. The van der Waals surface area contributed by atoms with Crippen molar-refractivity contribution in [3.05, 3.63) is 99.5 Å². The fourth-order valence-electron chi connectivity index (χ4n) is 2.80. The molecule has 0 bridgehead atoms. The predicted octanol–water partition coefficient (Wildman–Crippen LogP) is 7.32. The number of halogens is 2. The lowest BCUT2D eigenvalue weighted by Gasteiger charge is -2.22. The fraction of sp³-hybridized carbons (Fsp3) is 0.182. The average Bonchev–Trinajstić information content (AvgIpc) is 2.62. The fourth-order valence-corrected chi connectivity index (χ4v) is 3.05. The van der Waals surface area contributed by atoms with Gasteiger partial charge in [-0.2, -0.15) is 0 Å². The van der Waals surface area contributed by atoms with Gasteiger partial charge in [-0.3, -0.25) is 0 Å². The largest absolute Gasteiger partial charge is 0.374 e. The van der Waals surface area contributed by atoms with Crippen molar-refractivity contribution >= 4 is 28.9 Å². The first-order valence-corrected chi connectivity index (χ1v) is 9.16. The maximum Gasteiger partial charge on any atom is 0.0767 e. The van der Waals surface area contributed by atoms with E-state index < -0.39 is 0 Å². The first-order valence-electron chi connectivity index (χ1n) is 8.40. The molecule has 128 valence electrons. The van der Waals surface area contributed by atoms with E-state index in [1.807, 2.05) is 24.3 Å². The number of benzene rings is 3. The molecule has 0 spiro atoms. The Morgan fingerprint density at radius 3 is 1.40 bits per heavy atom. The molecular weight excluding hydrogens is 349 g/mol. The molecular formula is C22H21Cl2N. The summed E-state index contributed by atoms with van der Waals surface area (Å²) in [5.74, 6) is 0.525. The minimum atomic E-state index is 0.0273. The van der Waals surface area contributed by atoms with Gasteiger partial charge in [-0.1, -0.05) is 73.4 Å². The molecule has 1 nitrogen and oxygen atoms in total. The molecule has 0 saturated carbocycles. The zero-order valence-electron chi connectivity index (χ0n) is 14.3. The Labute approximate surface area is 159 Å². The van der Waals surface area contributed by atoms with Crippen molar-refractivity contribution in [2.75, 3.05) is 5.32 Å². The molecule has 3 aromatic carbocycles. The van der Waals surface area contributed by atoms with Crippen molar-refractivity contribution in [2.45, 2.75) is 25.8 Å². The van der Waals surface area contributed by atoms with Crippen LogP contribution in [0.3, 0.4) is 0 Å². The second-order valence-corrected chi connectivity index (χ2v) is 7.33. The molecule has 0 unspecified atom stereocenters. The third-order valence-corrected chi connectivity index (χ3v) is 4.80.